The van der Waals surface area contributed by atoms with E-state index in [2.05, 4.69) is 0 Å². The highest BCUT2D eigenvalue weighted by atomic mass is 35.5. The van der Waals surface area contributed by atoms with Crippen molar-refractivity contribution in [1.29, 1.82) is 0 Å². The lowest BCUT2D eigenvalue weighted by molar-refractivity contribution is -0.147. The van der Waals surface area contributed by atoms with Gasteiger partial charge in [0.25, 0.3) is 0 Å². The van der Waals surface area contributed by atoms with Crippen LogP contribution in [0.15, 0.2) is 0 Å². The highest BCUT2D eigenvalue weighted by Crippen LogP contribution is 2.12. The molecule has 0 aromatic carbocycles. The molecule has 0 saturated carbocycles. The summed E-state index contributed by atoms with van der Waals surface area (Å²) in [5.74, 6) is -0.0733. The van der Waals surface area contributed by atoms with Crippen molar-refractivity contribution < 1.29 is 14.3 Å². The van der Waals surface area contributed by atoms with Crippen LogP contribution in [0.3, 0.4) is 0 Å². The highest BCUT2D eigenvalue weighted by molar-refractivity contribution is 6.18. The second-order valence-corrected chi connectivity index (χ2v) is 5.22. The van der Waals surface area contributed by atoms with Crippen LogP contribution in [0.4, 0.5) is 0 Å². The van der Waals surface area contributed by atoms with Gasteiger partial charge in [0.05, 0.1) is 5.88 Å². The van der Waals surface area contributed by atoms with Gasteiger partial charge in [0.15, 0.2) is 0 Å². The first-order valence-electron chi connectivity index (χ1n) is 6.33. The fraction of sp³-hybridized carbons (Fsp3) is 0.846. The third-order valence-electron chi connectivity index (χ3n) is 2.59. The predicted molar refractivity (Wildman–Crippen MR) is 72.6 cm³/mol. The van der Waals surface area contributed by atoms with E-state index >= 15 is 0 Å². The summed E-state index contributed by atoms with van der Waals surface area (Å²) in [6.07, 6.45) is 0.438. The first kappa shape index (κ1) is 17.2. The van der Waals surface area contributed by atoms with Crippen molar-refractivity contribution in [3.63, 3.8) is 0 Å². The zero-order chi connectivity index (χ0) is 14.3. The number of halogens is 1. The minimum Gasteiger partial charge on any atom is -0.461 e. The van der Waals surface area contributed by atoms with Gasteiger partial charge in [0.1, 0.15) is 6.10 Å². The number of hydrogen-bond acceptors (Lipinski definition) is 3. The Morgan fingerprint density at radius 1 is 1.17 bits per heavy atom. The number of esters is 1. The average Bonchev–Trinajstić information content (AvgIpc) is 2.22. The number of amides is 1. The SMILES string of the molecule is CC(=O)OC(CCl)CCC(=O)N(C(C)C)C(C)C. The molecule has 0 heterocycles. The molecule has 0 aromatic rings. The maximum atomic E-state index is 12.1. The number of hydrogen-bond donors (Lipinski definition) is 0. The minimum atomic E-state index is -0.380. The van der Waals surface area contributed by atoms with Crippen LogP contribution in [0.25, 0.3) is 0 Å². The van der Waals surface area contributed by atoms with E-state index in [0.29, 0.717) is 12.8 Å². The molecule has 0 aliphatic carbocycles. The Hall–Kier alpha value is -0.770. The second kappa shape index (κ2) is 8.35. The largest absolute Gasteiger partial charge is 0.461 e. The van der Waals surface area contributed by atoms with Gasteiger partial charge in [-0.05, 0) is 34.1 Å². The van der Waals surface area contributed by atoms with Gasteiger partial charge < -0.3 is 9.64 Å². The summed E-state index contributed by atoms with van der Waals surface area (Å²) in [5, 5.41) is 0. The zero-order valence-corrected chi connectivity index (χ0v) is 12.7. The molecule has 1 amide bonds. The van der Waals surface area contributed by atoms with Gasteiger partial charge >= 0.3 is 5.97 Å². The molecule has 0 aromatic heterocycles. The molecule has 0 bridgehead atoms. The lowest BCUT2D eigenvalue weighted by Crippen LogP contribution is -2.42. The van der Waals surface area contributed by atoms with Crippen molar-refractivity contribution in [1.82, 2.24) is 4.90 Å². The van der Waals surface area contributed by atoms with E-state index in [-0.39, 0.29) is 35.9 Å². The van der Waals surface area contributed by atoms with E-state index in [1.165, 1.54) is 6.92 Å². The van der Waals surface area contributed by atoms with Crippen LogP contribution in [-0.2, 0) is 14.3 Å². The molecule has 0 aliphatic rings. The van der Waals surface area contributed by atoms with Gasteiger partial charge in [0, 0.05) is 25.4 Å². The number of carbonyl (C=O) groups excluding carboxylic acids is 2. The van der Waals surface area contributed by atoms with Crippen molar-refractivity contribution in [3.8, 4) is 0 Å². The molecule has 0 N–H and O–H groups in total. The van der Waals surface area contributed by atoms with Gasteiger partial charge in [-0.15, -0.1) is 11.6 Å². The van der Waals surface area contributed by atoms with E-state index in [4.69, 9.17) is 16.3 Å². The molecular weight excluding hydrogens is 254 g/mol. The fourth-order valence-electron chi connectivity index (χ4n) is 1.99. The number of rotatable bonds is 7. The zero-order valence-electron chi connectivity index (χ0n) is 11.9. The fourth-order valence-corrected chi connectivity index (χ4v) is 2.21. The van der Waals surface area contributed by atoms with E-state index in [0.717, 1.165) is 0 Å². The van der Waals surface area contributed by atoms with E-state index in [9.17, 15) is 9.59 Å². The number of carbonyl (C=O) groups is 2. The molecule has 0 fully saturated rings. The summed E-state index contributed by atoms with van der Waals surface area (Å²) < 4.78 is 5.01. The van der Waals surface area contributed by atoms with Crippen LogP contribution < -0.4 is 0 Å². The molecule has 1 unspecified atom stereocenters. The smallest absolute Gasteiger partial charge is 0.302 e. The molecule has 0 aliphatic heterocycles. The Bertz CT molecular complexity index is 271. The Labute approximate surface area is 115 Å². The van der Waals surface area contributed by atoms with Gasteiger partial charge in [-0.25, -0.2) is 0 Å². The summed E-state index contributed by atoms with van der Waals surface area (Å²) in [6, 6.07) is 0.335. The lowest BCUT2D eigenvalue weighted by atomic mass is 10.1. The molecule has 0 radical (unpaired) electrons. The van der Waals surface area contributed by atoms with Crippen molar-refractivity contribution >= 4 is 23.5 Å². The lowest BCUT2D eigenvalue weighted by Gasteiger charge is -2.31. The van der Waals surface area contributed by atoms with Crippen molar-refractivity contribution in [3.05, 3.63) is 0 Å². The summed E-state index contributed by atoms with van der Waals surface area (Å²) >= 11 is 5.70. The third kappa shape index (κ3) is 6.24. The number of ether oxygens (including phenoxy) is 1. The van der Waals surface area contributed by atoms with Crippen molar-refractivity contribution in [2.45, 2.75) is 65.6 Å². The summed E-state index contributed by atoms with van der Waals surface area (Å²) in [4.78, 5) is 24.7. The Kier molecular flexibility index (Phi) is 8.00. The third-order valence-corrected chi connectivity index (χ3v) is 2.93. The molecular formula is C13H24ClNO3. The standard InChI is InChI=1S/C13H24ClNO3/c1-9(2)15(10(3)4)13(17)7-6-12(8-14)18-11(5)16/h9-10,12H,6-8H2,1-5H3. The van der Waals surface area contributed by atoms with E-state index in [1.807, 2.05) is 32.6 Å². The molecule has 4 nitrogen and oxygen atoms in total. The normalized spacial score (nSPS) is 12.7. The van der Waals surface area contributed by atoms with E-state index in [1.54, 1.807) is 0 Å². The van der Waals surface area contributed by atoms with Crippen LogP contribution in [0.2, 0.25) is 0 Å². The molecule has 18 heavy (non-hydrogen) atoms. The molecule has 5 heteroatoms. The van der Waals surface area contributed by atoms with E-state index < -0.39 is 0 Å². The molecule has 106 valence electrons. The Morgan fingerprint density at radius 2 is 1.67 bits per heavy atom. The maximum Gasteiger partial charge on any atom is 0.302 e. The first-order valence-corrected chi connectivity index (χ1v) is 6.87. The summed E-state index contributed by atoms with van der Waals surface area (Å²) in [6.45, 7) is 9.30. The summed E-state index contributed by atoms with van der Waals surface area (Å²) in [7, 11) is 0. The van der Waals surface area contributed by atoms with Crippen LogP contribution in [0, 0.1) is 0 Å². The molecule has 0 spiro atoms. The van der Waals surface area contributed by atoms with Crippen molar-refractivity contribution in [2.75, 3.05) is 5.88 Å². The van der Waals surface area contributed by atoms with Gasteiger partial charge in [0.2, 0.25) is 5.91 Å². The number of nitrogens with zero attached hydrogens (tertiary/aromatic N) is 1. The first-order chi connectivity index (χ1) is 8.29. The average molecular weight is 278 g/mol. The van der Waals surface area contributed by atoms with Crippen LogP contribution in [-0.4, -0.2) is 40.8 Å². The molecule has 0 saturated heterocycles. The summed E-state index contributed by atoms with van der Waals surface area (Å²) in [5.41, 5.74) is 0. The van der Waals surface area contributed by atoms with Crippen LogP contribution in [0.5, 0.6) is 0 Å². The Morgan fingerprint density at radius 3 is 2.00 bits per heavy atom. The molecule has 1 atom stereocenters. The van der Waals surface area contributed by atoms with Crippen molar-refractivity contribution in [2.24, 2.45) is 0 Å². The maximum absolute atomic E-state index is 12.1. The number of alkyl halides is 1. The minimum absolute atomic E-state index is 0.0715. The van der Waals surface area contributed by atoms with Gasteiger partial charge in [-0.3, -0.25) is 9.59 Å². The van der Waals surface area contributed by atoms with Gasteiger partial charge in [-0.1, -0.05) is 0 Å². The second-order valence-electron chi connectivity index (χ2n) is 4.91. The predicted octanol–water partition coefficient (Wildman–Crippen LogP) is 2.58. The van der Waals surface area contributed by atoms with Crippen LogP contribution in [0.1, 0.15) is 47.5 Å². The topological polar surface area (TPSA) is 46.6 Å². The quantitative estimate of drug-likeness (QED) is 0.531. The Balaban J connectivity index is 4.33. The monoisotopic (exact) mass is 277 g/mol. The molecule has 0 rings (SSSR count). The van der Waals surface area contributed by atoms with Crippen LogP contribution >= 0.6 is 11.6 Å². The van der Waals surface area contributed by atoms with Gasteiger partial charge in [-0.2, -0.15) is 0 Å². The highest BCUT2D eigenvalue weighted by Gasteiger charge is 2.21.